The molecule has 0 unspecified atom stereocenters. The van der Waals surface area contributed by atoms with Crippen molar-refractivity contribution in [1.82, 2.24) is 20.0 Å². The van der Waals surface area contributed by atoms with Gasteiger partial charge in [0.25, 0.3) is 0 Å². The zero-order chi connectivity index (χ0) is 16.6. The van der Waals surface area contributed by atoms with E-state index in [1.165, 1.54) is 0 Å². The lowest BCUT2D eigenvalue weighted by atomic mass is 10.1. The molecular weight excluding hydrogens is 292 g/mol. The van der Waals surface area contributed by atoms with Gasteiger partial charge in [-0.3, -0.25) is 4.79 Å². The Balaban J connectivity index is 1.95. The largest absolute Gasteiger partial charge is 0.361 e. The Morgan fingerprint density at radius 1 is 1.39 bits per heavy atom. The molecule has 1 saturated heterocycles. The number of carbonyl (C=O) groups excluding carboxylic acids is 1. The van der Waals surface area contributed by atoms with E-state index in [4.69, 9.17) is 9.51 Å². The summed E-state index contributed by atoms with van der Waals surface area (Å²) in [6, 6.07) is 1.94. The number of hydrogen-bond acceptors (Lipinski definition) is 5. The van der Waals surface area contributed by atoms with Gasteiger partial charge in [-0.1, -0.05) is 19.0 Å². The van der Waals surface area contributed by atoms with Crippen LogP contribution in [0.25, 0.3) is 11.4 Å². The normalized spacial score (nSPS) is 18.0. The van der Waals surface area contributed by atoms with E-state index < -0.39 is 0 Å². The molecule has 6 heteroatoms. The fourth-order valence-electron chi connectivity index (χ4n) is 3.15. The Bertz CT molecular complexity index is 704. The molecule has 3 rings (SSSR count). The summed E-state index contributed by atoms with van der Waals surface area (Å²) < 4.78 is 5.21. The fourth-order valence-corrected chi connectivity index (χ4v) is 3.15. The Kier molecular flexibility index (Phi) is 4.15. The maximum absolute atomic E-state index is 12.4. The van der Waals surface area contributed by atoms with E-state index in [-0.39, 0.29) is 17.9 Å². The maximum Gasteiger partial charge on any atom is 0.225 e. The van der Waals surface area contributed by atoms with Gasteiger partial charge in [-0.05, 0) is 32.8 Å². The van der Waals surface area contributed by atoms with Crippen molar-refractivity contribution in [3.63, 3.8) is 0 Å². The summed E-state index contributed by atoms with van der Waals surface area (Å²) in [4.78, 5) is 23.4. The minimum atomic E-state index is -0.000490. The molecule has 0 saturated carbocycles. The number of rotatable bonds is 3. The number of aromatic nitrogens is 3. The van der Waals surface area contributed by atoms with Gasteiger partial charge in [0.15, 0.2) is 5.82 Å². The molecule has 1 amide bonds. The van der Waals surface area contributed by atoms with Gasteiger partial charge in [0.2, 0.25) is 5.91 Å². The van der Waals surface area contributed by atoms with Crippen molar-refractivity contribution < 1.29 is 9.32 Å². The molecule has 23 heavy (non-hydrogen) atoms. The van der Waals surface area contributed by atoms with E-state index in [9.17, 15) is 4.79 Å². The summed E-state index contributed by atoms with van der Waals surface area (Å²) in [6.45, 7) is 8.41. The van der Waals surface area contributed by atoms with E-state index in [1.54, 1.807) is 6.20 Å². The van der Waals surface area contributed by atoms with E-state index >= 15 is 0 Å². The van der Waals surface area contributed by atoms with Gasteiger partial charge in [-0.15, -0.1) is 0 Å². The average Bonchev–Trinajstić information content (AvgIpc) is 3.13. The van der Waals surface area contributed by atoms with Gasteiger partial charge in [-0.2, -0.15) is 0 Å². The van der Waals surface area contributed by atoms with Crippen LogP contribution < -0.4 is 0 Å². The van der Waals surface area contributed by atoms with E-state index in [2.05, 4.69) is 10.1 Å². The third-order valence-electron chi connectivity index (χ3n) is 4.31. The van der Waals surface area contributed by atoms with Gasteiger partial charge < -0.3 is 9.42 Å². The molecule has 0 aromatic carbocycles. The lowest BCUT2D eigenvalue weighted by Gasteiger charge is -2.26. The van der Waals surface area contributed by atoms with Crippen LogP contribution in [0.3, 0.4) is 0 Å². The molecule has 1 aliphatic rings. The Morgan fingerprint density at radius 3 is 2.83 bits per heavy atom. The quantitative estimate of drug-likeness (QED) is 0.870. The molecule has 0 radical (unpaired) electrons. The summed E-state index contributed by atoms with van der Waals surface area (Å²) in [6.07, 6.45) is 3.70. The summed E-state index contributed by atoms with van der Waals surface area (Å²) in [5.74, 6) is 1.51. The van der Waals surface area contributed by atoms with Crippen molar-refractivity contribution in [2.24, 2.45) is 5.92 Å². The van der Waals surface area contributed by atoms with E-state index in [0.29, 0.717) is 11.6 Å². The topological polar surface area (TPSA) is 72.1 Å². The van der Waals surface area contributed by atoms with Gasteiger partial charge in [0, 0.05) is 18.7 Å². The second-order valence-corrected chi connectivity index (χ2v) is 6.35. The van der Waals surface area contributed by atoms with Crippen molar-refractivity contribution in [2.75, 3.05) is 6.54 Å². The number of hydrogen-bond donors (Lipinski definition) is 0. The zero-order valence-corrected chi connectivity index (χ0v) is 14.0. The second-order valence-electron chi connectivity index (χ2n) is 6.35. The van der Waals surface area contributed by atoms with E-state index in [1.807, 2.05) is 38.7 Å². The molecule has 1 fully saturated rings. The third-order valence-corrected chi connectivity index (χ3v) is 4.31. The lowest BCUT2D eigenvalue weighted by molar-refractivity contribution is -0.135. The van der Waals surface area contributed by atoms with Crippen LogP contribution in [0.5, 0.6) is 0 Å². The van der Waals surface area contributed by atoms with Crippen molar-refractivity contribution in [3.8, 4) is 11.4 Å². The maximum atomic E-state index is 12.4. The SMILES string of the molecule is Cc1noc(C)c1-c1nccc([C@@H]2CCCN2C(=O)C(C)C)n1. The first kappa shape index (κ1) is 15.6. The molecule has 3 heterocycles. The first-order valence-corrected chi connectivity index (χ1v) is 8.05. The monoisotopic (exact) mass is 314 g/mol. The summed E-state index contributed by atoms with van der Waals surface area (Å²) >= 11 is 0. The third kappa shape index (κ3) is 2.85. The molecule has 0 bridgehead atoms. The Hall–Kier alpha value is -2.24. The van der Waals surface area contributed by atoms with Crippen LogP contribution in [-0.4, -0.2) is 32.5 Å². The Morgan fingerprint density at radius 2 is 2.17 bits per heavy atom. The lowest BCUT2D eigenvalue weighted by Crippen LogP contribution is -2.34. The first-order chi connectivity index (χ1) is 11.0. The molecule has 0 aliphatic carbocycles. The predicted molar refractivity (Wildman–Crippen MR) is 85.5 cm³/mol. The highest BCUT2D eigenvalue weighted by Gasteiger charge is 2.32. The number of carbonyl (C=O) groups is 1. The van der Waals surface area contributed by atoms with Crippen LogP contribution >= 0.6 is 0 Å². The second kappa shape index (κ2) is 6.10. The van der Waals surface area contributed by atoms with E-state index in [0.717, 1.165) is 36.3 Å². The minimum absolute atomic E-state index is 0.000490. The fraction of sp³-hybridized carbons (Fsp3) is 0.529. The van der Waals surface area contributed by atoms with Gasteiger partial charge >= 0.3 is 0 Å². The molecule has 1 aliphatic heterocycles. The molecule has 0 N–H and O–H groups in total. The number of aryl methyl sites for hydroxylation is 2. The van der Waals surface area contributed by atoms with Crippen LogP contribution in [0.15, 0.2) is 16.8 Å². The standard InChI is InChI=1S/C17H22N4O2/c1-10(2)17(22)21-9-5-6-14(21)13-7-8-18-16(19-13)15-11(3)20-23-12(15)4/h7-8,10,14H,5-6,9H2,1-4H3/t14-/m0/s1. The van der Waals surface area contributed by atoms with Crippen molar-refractivity contribution in [2.45, 2.75) is 46.6 Å². The Labute approximate surface area is 135 Å². The van der Waals surface area contributed by atoms with Crippen LogP contribution in [0.2, 0.25) is 0 Å². The summed E-state index contributed by atoms with van der Waals surface area (Å²) in [5.41, 5.74) is 2.51. The summed E-state index contributed by atoms with van der Waals surface area (Å²) in [7, 11) is 0. The molecule has 2 aromatic rings. The van der Waals surface area contributed by atoms with Gasteiger partial charge in [-0.25, -0.2) is 9.97 Å². The van der Waals surface area contributed by atoms with Crippen LogP contribution in [0.4, 0.5) is 0 Å². The van der Waals surface area contributed by atoms with Crippen molar-refractivity contribution >= 4 is 5.91 Å². The molecule has 0 spiro atoms. The molecule has 1 atom stereocenters. The van der Waals surface area contributed by atoms with Crippen LogP contribution in [0.1, 0.15) is 49.9 Å². The van der Waals surface area contributed by atoms with Gasteiger partial charge in [0.1, 0.15) is 5.76 Å². The van der Waals surface area contributed by atoms with Gasteiger partial charge in [0.05, 0.1) is 23.0 Å². The number of nitrogens with zero attached hydrogens (tertiary/aromatic N) is 4. The van der Waals surface area contributed by atoms with Crippen LogP contribution in [0, 0.1) is 19.8 Å². The molecule has 6 nitrogen and oxygen atoms in total. The van der Waals surface area contributed by atoms with Crippen LogP contribution in [-0.2, 0) is 4.79 Å². The highest BCUT2D eigenvalue weighted by atomic mass is 16.5. The number of amides is 1. The molecule has 2 aromatic heterocycles. The van der Waals surface area contributed by atoms with Crippen molar-refractivity contribution in [1.29, 1.82) is 0 Å². The summed E-state index contributed by atoms with van der Waals surface area (Å²) in [5, 5.41) is 3.97. The first-order valence-electron chi connectivity index (χ1n) is 8.05. The highest BCUT2D eigenvalue weighted by Crippen LogP contribution is 2.33. The minimum Gasteiger partial charge on any atom is -0.361 e. The number of likely N-dealkylation sites (tertiary alicyclic amines) is 1. The average molecular weight is 314 g/mol. The predicted octanol–water partition coefficient (Wildman–Crippen LogP) is 3.07. The zero-order valence-electron chi connectivity index (χ0n) is 14.0. The molecular formula is C17H22N4O2. The smallest absolute Gasteiger partial charge is 0.225 e. The highest BCUT2D eigenvalue weighted by molar-refractivity contribution is 5.78. The van der Waals surface area contributed by atoms with Crippen molar-refractivity contribution in [3.05, 3.63) is 29.4 Å². The molecule has 122 valence electrons.